The van der Waals surface area contributed by atoms with Crippen molar-refractivity contribution in [3.63, 3.8) is 0 Å². The fourth-order valence-corrected chi connectivity index (χ4v) is 4.82. The molecule has 2 aromatic carbocycles. The molecule has 0 aliphatic carbocycles. The number of benzene rings is 2. The van der Waals surface area contributed by atoms with E-state index in [-0.39, 0.29) is 11.3 Å². The number of ether oxygens (including phenoxy) is 2. The summed E-state index contributed by atoms with van der Waals surface area (Å²) >= 11 is 0. The maximum absolute atomic E-state index is 13.2. The van der Waals surface area contributed by atoms with E-state index in [0.717, 1.165) is 69.0 Å². The molecule has 0 spiro atoms. The third-order valence-corrected chi connectivity index (χ3v) is 6.84. The van der Waals surface area contributed by atoms with E-state index in [4.69, 9.17) is 9.47 Å². The number of likely N-dealkylation sites (tertiary alicyclic amines) is 1. The molecule has 1 N–H and O–H groups in total. The molecule has 0 aromatic heterocycles. The number of hydrogen-bond acceptors (Lipinski definition) is 6. The summed E-state index contributed by atoms with van der Waals surface area (Å²) in [5.74, 6) is -0.610. The van der Waals surface area contributed by atoms with Crippen molar-refractivity contribution in [3.8, 4) is 5.75 Å². The lowest BCUT2D eigenvalue weighted by atomic mass is 9.95. The Morgan fingerprint density at radius 1 is 1.06 bits per heavy atom. The maximum atomic E-state index is 13.2. The molecule has 0 bridgehead atoms. The molecule has 0 radical (unpaired) electrons. The second-order valence-corrected chi connectivity index (χ2v) is 9.39. The van der Waals surface area contributed by atoms with Crippen LogP contribution in [0.2, 0.25) is 0 Å². The van der Waals surface area contributed by atoms with Gasteiger partial charge in [0, 0.05) is 31.7 Å². The summed E-state index contributed by atoms with van der Waals surface area (Å²) in [4.78, 5) is 30.3. The maximum Gasteiger partial charge on any atom is 0.295 e. The normalized spacial score (nSPS) is 20.2. The topological polar surface area (TPSA) is 79.3 Å². The molecule has 2 aliphatic rings. The Morgan fingerprint density at radius 2 is 1.81 bits per heavy atom. The standard InChI is InChI=1S/C29H36N2O5/c1-3-4-17-36-24-12-11-23(20-21(24)2)27(32)25-26(22-9-6-5-7-10-22)31(29(34)28(25)33)14-8-13-30-15-18-35-19-16-30/h5-7,9-12,20,26,32H,3-4,8,13-19H2,1-2H3/t26-/m0/s1. The highest BCUT2D eigenvalue weighted by Gasteiger charge is 2.45. The summed E-state index contributed by atoms with van der Waals surface area (Å²) in [7, 11) is 0. The van der Waals surface area contributed by atoms with Crippen LogP contribution in [-0.4, -0.2) is 72.6 Å². The van der Waals surface area contributed by atoms with Crippen LogP contribution in [0.25, 0.3) is 5.76 Å². The number of nitrogens with zero attached hydrogens (tertiary/aromatic N) is 2. The minimum atomic E-state index is -0.645. The van der Waals surface area contributed by atoms with Gasteiger partial charge < -0.3 is 19.5 Å². The number of aryl methyl sites for hydroxylation is 1. The highest BCUT2D eigenvalue weighted by atomic mass is 16.5. The van der Waals surface area contributed by atoms with Crippen molar-refractivity contribution in [1.29, 1.82) is 0 Å². The number of aliphatic hydroxyl groups excluding tert-OH is 1. The highest BCUT2D eigenvalue weighted by Crippen LogP contribution is 2.39. The van der Waals surface area contributed by atoms with E-state index in [9.17, 15) is 14.7 Å². The molecule has 2 heterocycles. The molecule has 1 amide bonds. The Morgan fingerprint density at radius 3 is 2.50 bits per heavy atom. The first-order valence-corrected chi connectivity index (χ1v) is 12.9. The van der Waals surface area contributed by atoms with Crippen LogP contribution in [-0.2, 0) is 14.3 Å². The van der Waals surface area contributed by atoms with E-state index < -0.39 is 17.7 Å². The summed E-state index contributed by atoms with van der Waals surface area (Å²) in [5.41, 5.74) is 2.31. The van der Waals surface area contributed by atoms with Crippen molar-refractivity contribution < 1.29 is 24.2 Å². The molecule has 0 saturated carbocycles. The van der Waals surface area contributed by atoms with E-state index in [1.54, 1.807) is 11.0 Å². The van der Waals surface area contributed by atoms with Crippen LogP contribution >= 0.6 is 0 Å². The molecule has 2 fully saturated rings. The van der Waals surface area contributed by atoms with E-state index in [2.05, 4.69) is 11.8 Å². The van der Waals surface area contributed by atoms with Crippen LogP contribution in [0.1, 0.15) is 48.9 Å². The molecule has 2 aromatic rings. The molecule has 2 saturated heterocycles. The lowest BCUT2D eigenvalue weighted by molar-refractivity contribution is -0.140. The fraction of sp³-hybridized carbons (Fsp3) is 0.448. The van der Waals surface area contributed by atoms with Gasteiger partial charge in [-0.25, -0.2) is 0 Å². The summed E-state index contributed by atoms with van der Waals surface area (Å²) in [6, 6.07) is 14.2. The molecule has 7 heteroatoms. The smallest absolute Gasteiger partial charge is 0.295 e. The first kappa shape index (κ1) is 25.9. The SMILES string of the molecule is CCCCOc1ccc(C(O)=C2C(=O)C(=O)N(CCCN3CCOCC3)[C@H]2c2ccccc2)cc1C. The average Bonchev–Trinajstić information content (AvgIpc) is 3.15. The fourth-order valence-electron chi connectivity index (χ4n) is 4.82. The third-order valence-electron chi connectivity index (χ3n) is 6.84. The number of carbonyl (C=O) groups is 2. The predicted molar refractivity (Wildman–Crippen MR) is 139 cm³/mol. The minimum Gasteiger partial charge on any atom is -0.507 e. The van der Waals surface area contributed by atoms with Gasteiger partial charge in [-0.1, -0.05) is 43.7 Å². The van der Waals surface area contributed by atoms with Crippen LogP contribution in [0.3, 0.4) is 0 Å². The Labute approximate surface area is 213 Å². The lowest BCUT2D eigenvalue weighted by Crippen LogP contribution is -2.38. The number of Topliss-reactive ketones (excluding diaryl/α,β-unsaturated/α-hetero) is 1. The first-order chi connectivity index (χ1) is 17.5. The molecule has 4 rings (SSSR count). The number of aliphatic hydroxyl groups is 1. The Kier molecular flexibility index (Phi) is 8.78. The molecular formula is C29H36N2O5. The number of carbonyl (C=O) groups excluding carboxylic acids is 2. The summed E-state index contributed by atoms with van der Waals surface area (Å²) in [6.07, 6.45) is 2.75. The minimum absolute atomic E-state index is 0.136. The zero-order valence-electron chi connectivity index (χ0n) is 21.2. The van der Waals surface area contributed by atoms with Gasteiger partial charge in [-0.15, -0.1) is 0 Å². The van der Waals surface area contributed by atoms with Gasteiger partial charge >= 0.3 is 0 Å². The molecule has 0 unspecified atom stereocenters. The molecule has 36 heavy (non-hydrogen) atoms. The van der Waals surface area contributed by atoms with Crippen LogP contribution in [0.15, 0.2) is 54.1 Å². The van der Waals surface area contributed by atoms with Crippen LogP contribution < -0.4 is 4.74 Å². The van der Waals surface area contributed by atoms with Gasteiger partial charge in [0.15, 0.2) is 0 Å². The van der Waals surface area contributed by atoms with Gasteiger partial charge in [-0.05, 0) is 49.1 Å². The zero-order chi connectivity index (χ0) is 25.5. The highest BCUT2D eigenvalue weighted by molar-refractivity contribution is 6.46. The molecule has 7 nitrogen and oxygen atoms in total. The lowest BCUT2D eigenvalue weighted by Gasteiger charge is -2.29. The number of amides is 1. The molecular weight excluding hydrogens is 456 g/mol. The van der Waals surface area contributed by atoms with E-state index in [1.165, 1.54) is 0 Å². The Bertz CT molecular complexity index is 1090. The summed E-state index contributed by atoms with van der Waals surface area (Å²) < 4.78 is 11.3. The van der Waals surface area contributed by atoms with Crippen molar-refractivity contribution in [1.82, 2.24) is 9.80 Å². The van der Waals surface area contributed by atoms with Crippen molar-refractivity contribution in [2.45, 2.75) is 39.2 Å². The van der Waals surface area contributed by atoms with Crippen LogP contribution in [0, 0.1) is 6.92 Å². The van der Waals surface area contributed by atoms with Crippen LogP contribution in [0.5, 0.6) is 5.75 Å². The van der Waals surface area contributed by atoms with Gasteiger partial charge in [0.1, 0.15) is 11.5 Å². The van der Waals surface area contributed by atoms with Gasteiger partial charge in [-0.3, -0.25) is 14.5 Å². The van der Waals surface area contributed by atoms with Gasteiger partial charge in [-0.2, -0.15) is 0 Å². The third kappa shape index (κ3) is 5.79. The number of unbranched alkanes of at least 4 members (excludes halogenated alkanes) is 1. The van der Waals surface area contributed by atoms with Crippen molar-refractivity contribution >= 4 is 17.4 Å². The first-order valence-electron chi connectivity index (χ1n) is 12.9. The number of morpholine rings is 1. The Balaban J connectivity index is 1.62. The van der Waals surface area contributed by atoms with Gasteiger partial charge in [0.25, 0.3) is 11.7 Å². The van der Waals surface area contributed by atoms with E-state index in [1.807, 2.05) is 49.4 Å². The molecule has 2 aliphatic heterocycles. The predicted octanol–water partition coefficient (Wildman–Crippen LogP) is 4.32. The largest absolute Gasteiger partial charge is 0.507 e. The second-order valence-electron chi connectivity index (χ2n) is 9.39. The van der Waals surface area contributed by atoms with Gasteiger partial charge in [0.2, 0.25) is 0 Å². The number of hydrogen-bond donors (Lipinski definition) is 1. The van der Waals surface area contributed by atoms with Crippen molar-refractivity contribution in [2.75, 3.05) is 46.0 Å². The van der Waals surface area contributed by atoms with Crippen molar-refractivity contribution in [3.05, 3.63) is 70.8 Å². The number of rotatable bonds is 10. The van der Waals surface area contributed by atoms with Crippen molar-refractivity contribution in [2.24, 2.45) is 0 Å². The Hall–Kier alpha value is -3.16. The second kappa shape index (κ2) is 12.2. The number of ketones is 1. The zero-order valence-corrected chi connectivity index (χ0v) is 21.2. The van der Waals surface area contributed by atoms with Gasteiger partial charge in [0.05, 0.1) is 31.4 Å². The van der Waals surface area contributed by atoms with E-state index in [0.29, 0.717) is 18.7 Å². The molecule has 192 valence electrons. The monoisotopic (exact) mass is 492 g/mol. The van der Waals surface area contributed by atoms with Crippen LogP contribution in [0.4, 0.5) is 0 Å². The van der Waals surface area contributed by atoms with E-state index >= 15 is 0 Å². The molecule has 1 atom stereocenters. The summed E-state index contributed by atoms with van der Waals surface area (Å²) in [5, 5.41) is 11.3. The average molecular weight is 493 g/mol. The quantitative estimate of drug-likeness (QED) is 0.230. The summed E-state index contributed by atoms with van der Waals surface area (Å²) in [6.45, 7) is 9.10.